The zero-order chi connectivity index (χ0) is 40.7. The molecular weight excluding hydrogens is 709 g/mol. The van der Waals surface area contributed by atoms with Crippen molar-refractivity contribution in [2.24, 2.45) is 46.8 Å². The fraction of sp³-hybridized carbons (Fsp3) is 0.556. The first-order valence-electron chi connectivity index (χ1n) is 23.3. The molecule has 8 atom stereocenters. The molecule has 4 N–H and O–H groups in total. The van der Waals surface area contributed by atoms with E-state index in [2.05, 4.69) is 83.1 Å². The molecule has 4 aromatic carbocycles. The quantitative estimate of drug-likeness (QED) is 0.105. The van der Waals surface area contributed by atoms with E-state index in [9.17, 15) is 0 Å². The van der Waals surface area contributed by atoms with Crippen LogP contribution < -0.4 is 20.9 Å². The molecule has 3 aliphatic rings. The van der Waals surface area contributed by atoms with E-state index < -0.39 is 0 Å². The van der Waals surface area contributed by atoms with Gasteiger partial charge in [-0.1, -0.05) is 128 Å². The summed E-state index contributed by atoms with van der Waals surface area (Å²) in [7, 11) is 0. The molecule has 3 fully saturated rings. The second-order valence-electron chi connectivity index (χ2n) is 19.5. The summed E-state index contributed by atoms with van der Waals surface area (Å²) in [6.45, 7) is 13.7. The van der Waals surface area contributed by atoms with Gasteiger partial charge in [0, 0.05) is 16.8 Å². The fourth-order valence-corrected chi connectivity index (χ4v) is 12.3. The van der Waals surface area contributed by atoms with Crippen LogP contribution in [0.25, 0.3) is 0 Å². The van der Waals surface area contributed by atoms with Crippen LogP contribution >= 0.6 is 0 Å². The molecule has 4 aromatic rings. The lowest BCUT2D eigenvalue weighted by Crippen LogP contribution is -2.43. The lowest BCUT2D eigenvalue weighted by molar-refractivity contribution is -0.0124. The van der Waals surface area contributed by atoms with Crippen molar-refractivity contribution in [3.05, 3.63) is 119 Å². The molecule has 8 unspecified atom stereocenters. The van der Waals surface area contributed by atoms with Crippen LogP contribution in [0.5, 0.6) is 11.5 Å². The molecule has 7 rings (SSSR count). The average Bonchev–Trinajstić information content (AvgIpc) is 3.61. The lowest BCUT2D eigenvalue weighted by atomic mass is 9.54. The van der Waals surface area contributed by atoms with Crippen LogP contribution in [0.1, 0.15) is 147 Å². The standard InChI is InChI=1S/C54H74N2O2/c1-6-38(3)10-11-39(4)51-30-31-52-50(43(7-2)32-34-53(51,52)5)29-16-40-9-8-33-54(35-40,44-17-25-48(26-18-44)57-36-41-12-21-46(55)22-13-41)45-19-27-49(28-20-45)58-37-42-14-23-47(56)24-15-42/h12-15,17-28,38-40,43,50-52H,6-11,16,29-37,55-56H2,1-5H3. The summed E-state index contributed by atoms with van der Waals surface area (Å²) < 4.78 is 12.6. The third-order valence-corrected chi connectivity index (χ3v) is 16.0. The number of benzene rings is 4. The highest BCUT2D eigenvalue weighted by Gasteiger charge is 2.54. The Morgan fingerprint density at radius 1 is 0.655 bits per heavy atom. The van der Waals surface area contributed by atoms with Gasteiger partial charge in [-0.25, -0.2) is 0 Å². The normalized spacial score (nSPS) is 26.4. The predicted molar refractivity (Wildman–Crippen MR) is 244 cm³/mol. The summed E-state index contributed by atoms with van der Waals surface area (Å²) in [6.07, 6.45) is 19.0. The van der Waals surface area contributed by atoms with Gasteiger partial charge >= 0.3 is 0 Å². The molecule has 312 valence electrons. The van der Waals surface area contributed by atoms with Crippen molar-refractivity contribution in [2.45, 2.75) is 143 Å². The average molecular weight is 783 g/mol. The number of rotatable bonds is 17. The van der Waals surface area contributed by atoms with Gasteiger partial charge in [-0.05, 0) is 163 Å². The van der Waals surface area contributed by atoms with E-state index in [4.69, 9.17) is 20.9 Å². The Balaban J connectivity index is 1.08. The Bertz CT molecular complexity index is 1760. The van der Waals surface area contributed by atoms with E-state index in [0.29, 0.717) is 24.5 Å². The molecule has 3 saturated carbocycles. The molecular formula is C54H74N2O2. The zero-order valence-corrected chi connectivity index (χ0v) is 36.6. The molecule has 58 heavy (non-hydrogen) atoms. The van der Waals surface area contributed by atoms with Crippen molar-refractivity contribution in [1.82, 2.24) is 0 Å². The summed E-state index contributed by atoms with van der Waals surface area (Å²) in [5.74, 6) is 7.81. The SMILES string of the molecule is CCC(C)CCC(C)C1CCC2C(CCC3CCCC(c4ccc(OCc5ccc(N)cc5)cc4)(c4ccc(OCc5ccc(N)cc5)cc4)C3)C(CC)CCC12C. The Labute approximate surface area is 351 Å². The smallest absolute Gasteiger partial charge is 0.119 e. The van der Waals surface area contributed by atoms with Crippen molar-refractivity contribution >= 4 is 11.4 Å². The lowest BCUT2D eigenvalue weighted by Gasteiger charge is -2.51. The number of nitrogen functional groups attached to an aromatic ring is 2. The number of ether oxygens (including phenoxy) is 2. The molecule has 0 saturated heterocycles. The van der Waals surface area contributed by atoms with Gasteiger partial charge in [-0.3, -0.25) is 0 Å². The number of anilines is 2. The maximum atomic E-state index is 6.28. The minimum absolute atomic E-state index is 0.0390. The van der Waals surface area contributed by atoms with Crippen LogP contribution in [-0.2, 0) is 18.6 Å². The first-order chi connectivity index (χ1) is 28.1. The largest absolute Gasteiger partial charge is 0.489 e. The fourth-order valence-electron chi connectivity index (χ4n) is 12.3. The molecule has 0 aliphatic heterocycles. The summed E-state index contributed by atoms with van der Waals surface area (Å²) in [5, 5.41) is 0. The van der Waals surface area contributed by atoms with Gasteiger partial charge < -0.3 is 20.9 Å². The van der Waals surface area contributed by atoms with E-state index >= 15 is 0 Å². The number of hydrogen-bond donors (Lipinski definition) is 2. The topological polar surface area (TPSA) is 70.5 Å². The Morgan fingerprint density at radius 3 is 1.76 bits per heavy atom. The monoisotopic (exact) mass is 783 g/mol. The minimum atomic E-state index is -0.0390. The molecule has 0 amide bonds. The minimum Gasteiger partial charge on any atom is -0.489 e. The summed E-state index contributed by atoms with van der Waals surface area (Å²) >= 11 is 0. The van der Waals surface area contributed by atoms with E-state index in [-0.39, 0.29) is 5.41 Å². The van der Waals surface area contributed by atoms with Crippen molar-refractivity contribution in [2.75, 3.05) is 11.5 Å². The van der Waals surface area contributed by atoms with Gasteiger partial charge in [0.2, 0.25) is 0 Å². The van der Waals surface area contributed by atoms with Crippen LogP contribution in [0.15, 0.2) is 97.1 Å². The predicted octanol–water partition coefficient (Wildman–Crippen LogP) is 14.2. The Hall–Kier alpha value is -3.92. The molecule has 0 spiro atoms. The van der Waals surface area contributed by atoms with Crippen LogP contribution in [-0.4, -0.2) is 0 Å². The Kier molecular flexibility index (Phi) is 13.8. The highest BCUT2D eigenvalue weighted by atomic mass is 16.5. The first-order valence-corrected chi connectivity index (χ1v) is 23.3. The van der Waals surface area contributed by atoms with Crippen LogP contribution in [0, 0.1) is 46.8 Å². The van der Waals surface area contributed by atoms with Gasteiger partial charge in [0.1, 0.15) is 24.7 Å². The first kappa shape index (κ1) is 42.2. The van der Waals surface area contributed by atoms with Crippen molar-refractivity contribution < 1.29 is 9.47 Å². The third-order valence-electron chi connectivity index (χ3n) is 16.0. The van der Waals surface area contributed by atoms with E-state index in [1.54, 1.807) is 0 Å². The van der Waals surface area contributed by atoms with Crippen molar-refractivity contribution in [1.29, 1.82) is 0 Å². The van der Waals surface area contributed by atoms with Crippen molar-refractivity contribution in [3.8, 4) is 11.5 Å². The van der Waals surface area contributed by atoms with E-state index in [1.807, 2.05) is 48.5 Å². The van der Waals surface area contributed by atoms with Crippen LogP contribution in [0.3, 0.4) is 0 Å². The summed E-state index contributed by atoms with van der Waals surface area (Å²) in [5.41, 5.74) is 18.9. The number of fused-ring (bicyclic) bond motifs is 1. The maximum Gasteiger partial charge on any atom is 0.119 e. The highest BCUT2D eigenvalue weighted by molar-refractivity contribution is 5.45. The molecule has 3 aliphatic carbocycles. The van der Waals surface area contributed by atoms with Crippen LogP contribution in [0.4, 0.5) is 11.4 Å². The van der Waals surface area contributed by atoms with E-state index in [1.165, 1.54) is 101 Å². The second kappa shape index (κ2) is 19.0. The van der Waals surface area contributed by atoms with Crippen LogP contribution in [0.2, 0.25) is 0 Å². The zero-order valence-electron chi connectivity index (χ0n) is 36.6. The molecule has 4 heteroatoms. The van der Waals surface area contributed by atoms with Gasteiger partial charge in [0.05, 0.1) is 0 Å². The second-order valence-corrected chi connectivity index (χ2v) is 19.5. The highest BCUT2D eigenvalue weighted by Crippen LogP contribution is 2.63. The van der Waals surface area contributed by atoms with Gasteiger partial charge in [0.15, 0.2) is 0 Å². The van der Waals surface area contributed by atoms with Gasteiger partial charge in [-0.2, -0.15) is 0 Å². The molecule has 0 aromatic heterocycles. The summed E-state index contributed by atoms with van der Waals surface area (Å²) in [4.78, 5) is 0. The van der Waals surface area contributed by atoms with Gasteiger partial charge in [-0.15, -0.1) is 0 Å². The molecule has 0 heterocycles. The molecule has 0 radical (unpaired) electrons. The van der Waals surface area contributed by atoms with Crippen molar-refractivity contribution in [3.63, 3.8) is 0 Å². The molecule has 0 bridgehead atoms. The van der Waals surface area contributed by atoms with E-state index in [0.717, 1.165) is 69.5 Å². The Morgan fingerprint density at radius 2 is 1.22 bits per heavy atom. The maximum absolute atomic E-state index is 6.28. The number of hydrogen-bond acceptors (Lipinski definition) is 4. The molecule has 4 nitrogen and oxygen atoms in total. The number of nitrogens with two attached hydrogens (primary N) is 2. The third kappa shape index (κ3) is 9.58. The van der Waals surface area contributed by atoms with Gasteiger partial charge in [0.25, 0.3) is 0 Å². The summed E-state index contributed by atoms with van der Waals surface area (Å²) in [6, 6.07) is 34.1.